The van der Waals surface area contributed by atoms with Crippen molar-refractivity contribution < 1.29 is 10.2 Å². The summed E-state index contributed by atoms with van der Waals surface area (Å²) in [5.41, 5.74) is 0.250. The van der Waals surface area contributed by atoms with Gasteiger partial charge in [-0.1, -0.05) is 6.92 Å². The summed E-state index contributed by atoms with van der Waals surface area (Å²) in [4.78, 5) is 3.99. The second kappa shape index (κ2) is 4.15. The van der Waals surface area contributed by atoms with Crippen molar-refractivity contribution in [2.24, 2.45) is 5.92 Å². The summed E-state index contributed by atoms with van der Waals surface area (Å²) in [5, 5.41) is 20.1. The number of rotatable bonds is 1. The minimum absolute atomic E-state index is 0.106. The maximum absolute atomic E-state index is 10.1. The number of pyridine rings is 1. The molecule has 1 aliphatic rings. The summed E-state index contributed by atoms with van der Waals surface area (Å²) in [6, 6.07) is 3.98. The van der Waals surface area contributed by atoms with E-state index in [-0.39, 0.29) is 5.92 Å². The van der Waals surface area contributed by atoms with Crippen molar-refractivity contribution in [1.29, 1.82) is 0 Å². The van der Waals surface area contributed by atoms with E-state index in [0.717, 1.165) is 6.42 Å². The molecule has 0 amide bonds. The van der Waals surface area contributed by atoms with Gasteiger partial charge < -0.3 is 10.2 Å². The molecule has 0 bridgehead atoms. The fraction of sp³-hybridized carbons (Fsp3) is 0.615. The molecule has 0 aromatic carbocycles. The smallest absolute Gasteiger partial charge is 0.0903 e. The van der Waals surface area contributed by atoms with Crippen molar-refractivity contribution in [3.63, 3.8) is 0 Å². The molecule has 4 atom stereocenters. The molecule has 0 spiro atoms. The molecule has 2 N–H and O–H groups in total. The van der Waals surface area contributed by atoms with Crippen LogP contribution in [0.25, 0.3) is 0 Å². The molecule has 0 unspecified atom stereocenters. The molecule has 3 nitrogen and oxygen atoms in total. The van der Waals surface area contributed by atoms with Gasteiger partial charge >= 0.3 is 0 Å². The van der Waals surface area contributed by atoms with Gasteiger partial charge in [0.25, 0.3) is 0 Å². The number of hydrogen-bond acceptors (Lipinski definition) is 3. The van der Waals surface area contributed by atoms with Crippen LogP contribution in [-0.4, -0.2) is 26.9 Å². The zero-order valence-corrected chi connectivity index (χ0v) is 9.80. The maximum atomic E-state index is 10.1. The Balaban J connectivity index is 2.17. The van der Waals surface area contributed by atoms with E-state index in [2.05, 4.69) is 4.98 Å². The van der Waals surface area contributed by atoms with Crippen LogP contribution in [0.5, 0.6) is 0 Å². The Bertz CT molecular complexity index is 336. The van der Waals surface area contributed by atoms with E-state index < -0.39 is 11.7 Å². The topological polar surface area (TPSA) is 53.4 Å². The van der Waals surface area contributed by atoms with Crippen LogP contribution >= 0.6 is 0 Å². The highest BCUT2D eigenvalue weighted by molar-refractivity contribution is 5.18. The van der Waals surface area contributed by atoms with Gasteiger partial charge in [-0.2, -0.15) is 0 Å². The van der Waals surface area contributed by atoms with E-state index in [9.17, 15) is 10.2 Å². The average molecular weight is 221 g/mol. The van der Waals surface area contributed by atoms with E-state index in [1.165, 1.54) is 5.56 Å². The lowest BCUT2D eigenvalue weighted by atomic mass is 9.69. The van der Waals surface area contributed by atoms with Crippen LogP contribution in [0, 0.1) is 5.92 Å². The van der Waals surface area contributed by atoms with Gasteiger partial charge in [-0.15, -0.1) is 0 Å². The molecule has 1 aliphatic carbocycles. The first-order valence-corrected chi connectivity index (χ1v) is 5.82. The van der Waals surface area contributed by atoms with Gasteiger partial charge in [-0.05, 0) is 49.3 Å². The van der Waals surface area contributed by atoms with Gasteiger partial charge in [-0.25, -0.2) is 0 Å². The van der Waals surface area contributed by atoms with Gasteiger partial charge in [-0.3, -0.25) is 4.98 Å². The third-order valence-electron chi connectivity index (χ3n) is 4.00. The minimum Gasteiger partial charge on any atom is -0.390 e. The molecular formula is C13H19NO2. The van der Waals surface area contributed by atoms with Gasteiger partial charge in [0.1, 0.15) is 0 Å². The van der Waals surface area contributed by atoms with Crippen molar-refractivity contribution in [3.05, 3.63) is 30.1 Å². The molecular weight excluding hydrogens is 202 g/mol. The SMILES string of the molecule is C[C@H]1C[C@@H](c2ccncc2)C[C@@H](O)[C@]1(C)O. The van der Waals surface area contributed by atoms with Crippen LogP contribution in [0.4, 0.5) is 0 Å². The third kappa shape index (κ3) is 1.97. The number of aromatic nitrogens is 1. The Labute approximate surface area is 96.2 Å². The summed E-state index contributed by atoms with van der Waals surface area (Å²) in [5.74, 6) is 0.433. The Morgan fingerprint density at radius 2 is 1.94 bits per heavy atom. The maximum Gasteiger partial charge on any atom is 0.0903 e. The van der Waals surface area contributed by atoms with Crippen molar-refractivity contribution in [2.75, 3.05) is 0 Å². The standard InChI is InChI=1S/C13H19NO2/c1-9-7-11(8-12(15)13(9,2)16)10-3-5-14-6-4-10/h3-6,9,11-12,15-16H,7-8H2,1-2H3/t9-,11+,12+,13+/m0/s1. The van der Waals surface area contributed by atoms with E-state index in [1.54, 1.807) is 19.3 Å². The van der Waals surface area contributed by atoms with Gasteiger partial charge in [0.2, 0.25) is 0 Å². The molecule has 1 fully saturated rings. The molecule has 2 rings (SSSR count). The lowest BCUT2D eigenvalue weighted by Gasteiger charge is -2.43. The predicted molar refractivity (Wildman–Crippen MR) is 62.0 cm³/mol. The zero-order chi connectivity index (χ0) is 11.8. The normalized spacial score (nSPS) is 39.6. The summed E-state index contributed by atoms with van der Waals surface area (Å²) < 4.78 is 0. The van der Waals surface area contributed by atoms with Gasteiger partial charge in [0.15, 0.2) is 0 Å². The van der Waals surface area contributed by atoms with Gasteiger partial charge in [0, 0.05) is 12.4 Å². The predicted octanol–water partition coefficient (Wildman–Crippen LogP) is 1.71. The van der Waals surface area contributed by atoms with Crippen LogP contribution in [0.3, 0.4) is 0 Å². The Kier molecular flexibility index (Phi) is 3.00. The van der Waals surface area contributed by atoms with Crippen LogP contribution in [-0.2, 0) is 0 Å². The largest absolute Gasteiger partial charge is 0.390 e. The quantitative estimate of drug-likeness (QED) is 0.759. The highest BCUT2D eigenvalue weighted by atomic mass is 16.3. The second-order valence-corrected chi connectivity index (χ2v) is 5.09. The van der Waals surface area contributed by atoms with Crippen LogP contribution in [0.1, 0.15) is 38.2 Å². The fourth-order valence-electron chi connectivity index (χ4n) is 2.51. The molecule has 1 saturated carbocycles. The molecule has 16 heavy (non-hydrogen) atoms. The Morgan fingerprint density at radius 3 is 2.50 bits per heavy atom. The van der Waals surface area contributed by atoms with Crippen molar-refractivity contribution in [1.82, 2.24) is 4.98 Å². The first kappa shape index (κ1) is 11.6. The minimum atomic E-state index is -0.955. The summed E-state index contributed by atoms with van der Waals surface area (Å²) in [7, 11) is 0. The highest BCUT2D eigenvalue weighted by Crippen LogP contribution is 2.41. The highest BCUT2D eigenvalue weighted by Gasteiger charge is 2.42. The lowest BCUT2D eigenvalue weighted by Crippen LogP contribution is -2.49. The molecule has 0 aliphatic heterocycles. The van der Waals surface area contributed by atoms with Crippen LogP contribution in [0.15, 0.2) is 24.5 Å². The van der Waals surface area contributed by atoms with Crippen molar-refractivity contribution >= 4 is 0 Å². The fourth-order valence-corrected chi connectivity index (χ4v) is 2.51. The summed E-state index contributed by atoms with van der Waals surface area (Å²) >= 11 is 0. The van der Waals surface area contributed by atoms with Crippen LogP contribution < -0.4 is 0 Å². The molecule has 0 saturated heterocycles. The second-order valence-electron chi connectivity index (χ2n) is 5.09. The molecule has 1 aromatic heterocycles. The number of hydrogen-bond donors (Lipinski definition) is 2. The van der Waals surface area contributed by atoms with Gasteiger partial charge in [0.05, 0.1) is 11.7 Å². The number of aliphatic hydroxyl groups is 2. The lowest BCUT2D eigenvalue weighted by molar-refractivity contribution is -0.123. The molecule has 1 aromatic rings. The molecule has 0 radical (unpaired) electrons. The van der Waals surface area contributed by atoms with Crippen molar-refractivity contribution in [3.8, 4) is 0 Å². The number of aliphatic hydroxyl groups excluding tert-OH is 1. The first-order valence-electron chi connectivity index (χ1n) is 5.82. The Morgan fingerprint density at radius 1 is 1.31 bits per heavy atom. The van der Waals surface area contributed by atoms with E-state index in [4.69, 9.17) is 0 Å². The van der Waals surface area contributed by atoms with Crippen molar-refractivity contribution in [2.45, 2.75) is 44.3 Å². The average Bonchev–Trinajstić information content (AvgIpc) is 2.27. The number of nitrogens with zero attached hydrogens (tertiary/aromatic N) is 1. The molecule has 3 heteroatoms. The first-order chi connectivity index (χ1) is 7.51. The summed E-state index contributed by atoms with van der Waals surface area (Å²) in [6.45, 7) is 3.72. The van der Waals surface area contributed by atoms with E-state index in [0.29, 0.717) is 12.3 Å². The summed E-state index contributed by atoms with van der Waals surface area (Å²) in [6.07, 6.45) is 4.45. The van der Waals surface area contributed by atoms with E-state index >= 15 is 0 Å². The monoisotopic (exact) mass is 221 g/mol. The molecule has 1 heterocycles. The van der Waals surface area contributed by atoms with Crippen LogP contribution in [0.2, 0.25) is 0 Å². The third-order valence-corrected chi connectivity index (χ3v) is 4.00. The van der Waals surface area contributed by atoms with E-state index in [1.807, 2.05) is 19.1 Å². The zero-order valence-electron chi connectivity index (χ0n) is 9.80. The molecule has 88 valence electrons. The Hall–Kier alpha value is -0.930.